The lowest BCUT2D eigenvalue weighted by Crippen LogP contribution is -2.50. The minimum atomic E-state index is -1.25. The van der Waals surface area contributed by atoms with Gasteiger partial charge in [0.2, 0.25) is 22.0 Å². The summed E-state index contributed by atoms with van der Waals surface area (Å²) in [5.74, 6) is 5.56. The molecular formula is C25H44N6O5P2S4. The van der Waals surface area contributed by atoms with Crippen LogP contribution >= 0.6 is 37.6 Å². The van der Waals surface area contributed by atoms with Crippen molar-refractivity contribution in [1.29, 1.82) is 0 Å². The molecule has 0 aromatic carbocycles. The van der Waals surface area contributed by atoms with E-state index in [1.807, 2.05) is 25.1 Å². The summed E-state index contributed by atoms with van der Waals surface area (Å²) in [6, 6.07) is 5.62. The molecule has 17 heteroatoms. The second-order valence-electron chi connectivity index (χ2n) is 11.1. The fraction of sp³-hybridized carbons (Fsp3) is 0.640. The van der Waals surface area contributed by atoms with E-state index in [1.54, 1.807) is 40.8 Å². The zero-order chi connectivity index (χ0) is 32.1. The summed E-state index contributed by atoms with van der Waals surface area (Å²) in [6.07, 6.45) is 1.90. The molecule has 1 heterocycles. The lowest BCUT2D eigenvalue weighted by molar-refractivity contribution is -0.135. The van der Waals surface area contributed by atoms with Gasteiger partial charge in [0.1, 0.15) is 5.03 Å². The third-order valence-corrected chi connectivity index (χ3v) is 12.9. The molecule has 0 spiro atoms. The van der Waals surface area contributed by atoms with Crippen LogP contribution in [-0.4, -0.2) is 50.5 Å². The Bertz CT molecular complexity index is 1150. The van der Waals surface area contributed by atoms with Crippen LogP contribution in [0.3, 0.4) is 0 Å². The Morgan fingerprint density at radius 1 is 1.07 bits per heavy atom. The smallest absolute Gasteiger partial charge is 0.235 e. The Balaban J connectivity index is 2.92. The molecule has 5 atom stereocenters. The first kappa shape index (κ1) is 39.3. The maximum absolute atomic E-state index is 13.6. The molecule has 7 N–H and O–H groups in total. The number of hydrazine groups is 2. The van der Waals surface area contributed by atoms with Gasteiger partial charge in [0.05, 0.1) is 6.10 Å². The zero-order valence-corrected chi connectivity index (χ0v) is 30.1. The highest BCUT2D eigenvalue weighted by Crippen LogP contribution is 2.46. The second kappa shape index (κ2) is 18.3. The molecule has 0 fully saturated rings. The van der Waals surface area contributed by atoms with E-state index >= 15 is 0 Å². The number of hydrogen-bond donors (Lipinski definition) is 6. The van der Waals surface area contributed by atoms with Gasteiger partial charge in [0.25, 0.3) is 0 Å². The molecule has 238 valence electrons. The summed E-state index contributed by atoms with van der Waals surface area (Å²) in [7, 11) is 7.30. The van der Waals surface area contributed by atoms with Crippen molar-refractivity contribution < 1.29 is 24.3 Å². The van der Waals surface area contributed by atoms with Crippen molar-refractivity contribution in [3.05, 3.63) is 24.4 Å². The maximum atomic E-state index is 13.6. The van der Waals surface area contributed by atoms with Crippen LogP contribution in [-0.2, 0) is 39.7 Å². The molecule has 0 aliphatic carbocycles. The molecule has 0 radical (unpaired) electrons. The van der Waals surface area contributed by atoms with Gasteiger partial charge in [-0.15, -0.1) is 0 Å². The van der Waals surface area contributed by atoms with E-state index < -0.39 is 42.9 Å². The van der Waals surface area contributed by atoms with E-state index in [4.69, 9.17) is 5.84 Å². The first-order valence-electron chi connectivity index (χ1n) is 13.2. The fourth-order valence-electron chi connectivity index (χ4n) is 4.36. The summed E-state index contributed by atoms with van der Waals surface area (Å²) in [4.78, 5) is 62.1. The Morgan fingerprint density at radius 2 is 1.74 bits per heavy atom. The minimum Gasteiger partial charge on any atom is -0.392 e. The first-order chi connectivity index (χ1) is 19.5. The number of carbonyl (C=O) groups is 4. The zero-order valence-electron chi connectivity index (χ0n) is 24.9. The van der Waals surface area contributed by atoms with Crippen molar-refractivity contribution in [2.75, 3.05) is 12.3 Å². The van der Waals surface area contributed by atoms with Crippen LogP contribution < -0.4 is 26.2 Å². The van der Waals surface area contributed by atoms with Crippen LogP contribution in [0.1, 0.15) is 67.2 Å². The molecule has 1 aromatic heterocycles. The topological polar surface area (TPSA) is 176 Å². The highest BCUT2D eigenvalue weighted by molar-refractivity contribution is 8.76. The standard InChI is InChI=1S/C25H44N6O5P2S4/c1-7-24(5,20(34)28-14-17(2)32)16-25(6,22(36)41(37)30-26)15-23(3,4)21(35)42(38)31-29-18(33)11-13-39-40-19-10-8-9-12-27-19/h8-10,12,17,30-32,37-38H,7,11,13-16,26H2,1-6H3,(H,28,34)(H,29,33). The molecule has 1 rings (SSSR count). The Labute approximate surface area is 265 Å². The van der Waals surface area contributed by atoms with E-state index in [2.05, 4.69) is 41.4 Å². The van der Waals surface area contributed by atoms with Gasteiger partial charge < -0.3 is 10.4 Å². The van der Waals surface area contributed by atoms with Crippen molar-refractivity contribution in [2.24, 2.45) is 22.1 Å². The number of hydrogen-bond acceptors (Lipinski definition) is 9. The molecule has 5 unspecified atom stereocenters. The quantitative estimate of drug-likeness (QED) is 0.0437. The van der Waals surface area contributed by atoms with E-state index in [1.165, 1.54) is 21.6 Å². The molecule has 11 nitrogen and oxygen atoms in total. The summed E-state index contributed by atoms with van der Waals surface area (Å²) in [5.41, 5.74) is -0.576. The summed E-state index contributed by atoms with van der Waals surface area (Å²) in [5, 5.41) is 12.7. The predicted molar refractivity (Wildman–Crippen MR) is 181 cm³/mol. The van der Waals surface area contributed by atoms with E-state index in [0.29, 0.717) is 12.2 Å². The maximum Gasteiger partial charge on any atom is 0.235 e. The fourth-order valence-corrected chi connectivity index (χ4v) is 9.63. The van der Waals surface area contributed by atoms with Gasteiger partial charge in [0.15, 0.2) is 0 Å². The first-order valence-corrected chi connectivity index (χ1v) is 20.4. The van der Waals surface area contributed by atoms with E-state index in [0.717, 1.165) is 5.03 Å². The highest BCUT2D eigenvalue weighted by atomic mass is 33.1. The molecule has 42 heavy (non-hydrogen) atoms. The van der Waals surface area contributed by atoms with Crippen molar-refractivity contribution in [1.82, 2.24) is 25.4 Å². The van der Waals surface area contributed by atoms with Crippen LogP contribution in [0.4, 0.5) is 0 Å². The van der Waals surface area contributed by atoms with Crippen molar-refractivity contribution >= 4 is 80.2 Å². The Kier molecular flexibility index (Phi) is 17.1. The number of aliphatic hydroxyl groups excluding tert-OH is 1. The van der Waals surface area contributed by atoms with Crippen LogP contribution in [0.15, 0.2) is 29.4 Å². The van der Waals surface area contributed by atoms with Crippen molar-refractivity contribution in [3.63, 3.8) is 0 Å². The van der Waals surface area contributed by atoms with Crippen LogP contribution in [0.5, 0.6) is 0 Å². The average Bonchev–Trinajstić information content (AvgIpc) is 2.95. The molecule has 2 amide bonds. The number of nitrogens with one attached hydrogen (secondary N) is 4. The number of aliphatic hydroxyl groups is 1. The summed E-state index contributed by atoms with van der Waals surface area (Å²) >= 11 is 0. The number of nitrogens with zero attached hydrogens (tertiary/aromatic N) is 1. The Morgan fingerprint density at radius 3 is 2.29 bits per heavy atom. The molecular weight excluding hydrogens is 655 g/mol. The third kappa shape index (κ3) is 12.7. The van der Waals surface area contributed by atoms with Crippen LogP contribution in [0.2, 0.25) is 0 Å². The minimum absolute atomic E-state index is 0.0845. The molecule has 0 aliphatic heterocycles. The van der Waals surface area contributed by atoms with E-state index in [9.17, 15) is 24.3 Å². The van der Waals surface area contributed by atoms with Crippen molar-refractivity contribution in [3.8, 4) is 0 Å². The highest BCUT2D eigenvalue weighted by Gasteiger charge is 2.48. The lowest BCUT2D eigenvalue weighted by atomic mass is 9.65. The normalized spacial score (nSPS) is 16.8. The molecule has 0 bridgehead atoms. The van der Waals surface area contributed by atoms with Gasteiger partial charge in [-0.05, 0) is 69.6 Å². The molecule has 0 saturated heterocycles. The SMILES string of the molecule is CCC(C)(CC(C)(CC(C)(C)C(=O)S(=P)NNC(=O)CCSSc1ccccn1)C(=O)S(=P)NN)C(=O)NCC(C)O. The Hall–Kier alpha value is -0.730. The van der Waals surface area contributed by atoms with E-state index in [-0.39, 0.29) is 47.9 Å². The second-order valence-corrected chi connectivity index (χ2v) is 18.3. The predicted octanol–water partition coefficient (Wildman–Crippen LogP) is 3.26. The third-order valence-electron chi connectivity index (χ3n) is 6.52. The van der Waals surface area contributed by atoms with Gasteiger partial charge in [-0.25, -0.2) is 4.98 Å². The van der Waals surface area contributed by atoms with Gasteiger partial charge in [-0.2, -0.15) is 9.66 Å². The number of aromatic nitrogens is 1. The van der Waals surface area contributed by atoms with Crippen molar-refractivity contribution in [2.45, 2.75) is 78.4 Å². The molecule has 1 aromatic rings. The monoisotopic (exact) mass is 698 g/mol. The number of pyridine rings is 1. The molecule has 0 aliphatic rings. The summed E-state index contributed by atoms with van der Waals surface area (Å²) < 4.78 is 0. The number of rotatable bonds is 18. The summed E-state index contributed by atoms with van der Waals surface area (Å²) in [6.45, 7) is 10.5. The lowest BCUT2D eigenvalue weighted by Gasteiger charge is -2.41. The number of amides is 2. The van der Waals surface area contributed by atoms with Crippen LogP contribution in [0, 0.1) is 16.2 Å². The largest absolute Gasteiger partial charge is 0.392 e. The van der Waals surface area contributed by atoms with Gasteiger partial charge in [-0.1, -0.05) is 67.5 Å². The van der Waals surface area contributed by atoms with Crippen LogP contribution in [0.25, 0.3) is 0 Å². The van der Waals surface area contributed by atoms with Gasteiger partial charge in [0, 0.05) is 41.2 Å². The van der Waals surface area contributed by atoms with Gasteiger partial charge in [-0.3, -0.25) is 30.4 Å². The number of carbonyl (C=O) groups excluding carboxylic acids is 4. The number of nitrogens with two attached hydrogens (primary N) is 1. The van der Waals surface area contributed by atoms with Gasteiger partial charge >= 0.3 is 0 Å². The molecule has 0 saturated carbocycles. The average molecular weight is 699 g/mol.